The van der Waals surface area contributed by atoms with Gasteiger partial charge in [0.15, 0.2) is 0 Å². The number of pyridine rings is 2. The third kappa shape index (κ3) is 14.2. The molecule has 252 valence electrons. The number of piperidine rings is 2. The molecular formula is C29H40N6O11. The Morgan fingerprint density at radius 2 is 1.33 bits per heavy atom. The summed E-state index contributed by atoms with van der Waals surface area (Å²) in [7, 11) is 0. The number of hydrogen-bond acceptors (Lipinski definition) is 13. The molecule has 2 aromatic rings. The van der Waals surface area contributed by atoms with E-state index in [4.69, 9.17) is 30.5 Å². The van der Waals surface area contributed by atoms with Crippen LogP contribution in [0.15, 0.2) is 36.7 Å². The molecule has 46 heavy (non-hydrogen) atoms. The van der Waals surface area contributed by atoms with Crippen molar-refractivity contribution < 1.29 is 53.6 Å². The molecule has 2 aliphatic rings. The zero-order valence-electron chi connectivity index (χ0n) is 24.3. The number of rotatable bonds is 11. The minimum Gasteiger partial charge on any atom is -0.492 e. The summed E-state index contributed by atoms with van der Waals surface area (Å²) in [5, 5.41) is 32.5. The molecule has 2 fully saturated rings. The lowest BCUT2D eigenvalue weighted by Crippen LogP contribution is -2.52. The highest BCUT2D eigenvalue weighted by atomic mass is 16.5. The molecule has 17 heteroatoms. The summed E-state index contributed by atoms with van der Waals surface area (Å²) in [5.41, 5.74) is 5.41. The minimum atomic E-state index is -1.06. The number of nitrogens with two attached hydrogens (primary N) is 1. The molecule has 2 atom stereocenters. The van der Waals surface area contributed by atoms with Gasteiger partial charge in [-0.1, -0.05) is 7.43 Å². The Kier molecular flexibility index (Phi) is 17.7. The van der Waals surface area contributed by atoms with Crippen molar-refractivity contribution in [1.82, 2.24) is 25.9 Å². The van der Waals surface area contributed by atoms with Crippen molar-refractivity contribution in [2.75, 3.05) is 26.4 Å². The molecule has 0 aromatic carbocycles. The summed E-state index contributed by atoms with van der Waals surface area (Å²) < 4.78 is 10.5. The van der Waals surface area contributed by atoms with Gasteiger partial charge in [0.05, 0.1) is 31.6 Å². The number of nitrogens with one attached hydrogen (secondary N) is 3. The van der Waals surface area contributed by atoms with E-state index in [2.05, 4.69) is 25.9 Å². The van der Waals surface area contributed by atoms with Gasteiger partial charge >= 0.3 is 5.97 Å². The van der Waals surface area contributed by atoms with E-state index in [1.54, 1.807) is 6.07 Å². The number of carboxylic acids is 1. The van der Waals surface area contributed by atoms with Crippen molar-refractivity contribution in [3.05, 3.63) is 48.0 Å². The Morgan fingerprint density at radius 1 is 0.826 bits per heavy atom. The van der Waals surface area contributed by atoms with Crippen LogP contribution in [0.25, 0.3) is 0 Å². The van der Waals surface area contributed by atoms with Crippen LogP contribution < -0.4 is 31.2 Å². The summed E-state index contributed by atoms with van der Waals surface area (Å²) >= 11 is 0. The number of hydrogen-bond donors (Lipinski definition) is 7. The zero-order chi connectivity index (χ0) is 33.2. The van der Waals surface area contributed by atoms with E-state index in [1.807, 2.05) is 0 Å². The number of aliphatic hydroxyl groups is 2. The average Bonchev–Trinajstić information content (AvgIpc) is 3.02. The van der Waals surface area contributed by atoms with Gasteiger partial charge in [-0.15, -0.1) is 0 Å². The standard InChI is InChI=1S/C14H17N3O5.C9H11NO4.C5H8N2O2.CH4/c18-6-1-7-22-9-2-3-10(15-8-9)13(20)16-11-4-5-12(19)17-14(11)21;11-4-1-5-14-7-2-3-8(9(12)13)10-6-7;6-3-1-2-4(8)7-5(3)9;/h2-3,8,11,18H,1,4-7H2,(H,16,20)(H,17,19,21);2-3,6,11H,1,4-5H2,(H,12,13);3H,1-2,6H2,(H,7,8,9);1H4. The smallest absolute Gasteiger partial charge is 0.354 e. The van der Waals surface area contributed by atoms with Crippen LogP contribution in [0.4, 0.5) is 0 Å². The maximum atomic E-state index is 12.0. The van der Waals surface area contributed by atoms with E-state index in [0.29, 0.717) is 50.4 Å². The molecule has 2 saturated heterocycles. The Labute approximate surface area is 264 Å². The maximum absolute atomic E-state index is 12.0. The summed E-state index contributed by atoms with van der Waals surface area (Å²) in [6, 6.07) is 4.76. The fraction of sp³-hybridized carbons (Fsp3) is 0.448. The van der Waals surface area contributed by atoms with Gasteiger partial charge in [-0.05, 0) is 37.1 Å². The van der Waals surface area contributed by atoms with Crippen LogP contribution >= 0.6 is 0 Å². The fourth-order valence-electron chi connectivity index (χ4n) is 3.48. The quantitative estimate of drug-likeness (QED) is 0.117. The molecule has 4 rings (SSSR count). The van der Waals surface area contributed by atoms with Gasteiger partial charge < -0.3 is 35.8 Å². The van der Waals surface area contributed by atoms with Gasteiger partial charge in [0.25, 0.3) is 5.91 Å². The van der Waals surface area contributed by atoms with Gasteiger partial charge in [-0.2, -0.15) is 0 Å². The Morgan fingerprint density at radius 3 is 1.74 bits per heavy atom. The molecule has 0 radical (unpaired) electrons. The molecule has 8 N–H and O–H groups in total. The third-order valence-corrected chi connectivity index (χ3v) is 5.89. The highest BCUT2D eigenvalue weighted by Gasteiger charge is 2.28. The van der Waals surface area contributed by atoms with Gasteiger partial charge in [-0.25, -0.2) is 14.8 Å². The molecule has 17 nitrogen and oxygen atoms in total. The summed E-state index contributed by atoms with van der Waals surface area (Å²) in [4.78, 5) is 73.6. The van der Waals surface area contributed by atoms with Crippen LogP contribution in [-0.4, -0.2) is 99.3 Å². The van der Waals surface area contributed by atoms with Crippen molar-refractivity contribution >= 4 is 35.5 Å². The fourth-order valence-corrected chi connectivity index (χ4v) is 3.48. The minimum absolute atomic E-state index is 0. The lowest BCUT2D eigenvalue weighted by Gasteiger charge is -2.21. The summed E-state index contributed by atoms with van der Waals surface area (Å²) in [6.07, 6.45) is 5.12. The summed E-state index contributed by atoms with van der Waals surface area (Å²) in [5.74, 6) is -1.97. The molecule has 0 saturated carbocycles. The number of carboxylic acid groups (broad SMARTS) is 1. The Bertz CT molecular complexity index is 1310. The van der Waals surface area contributed by atoms with Crippen LogP contribution in [0, 0.1) is 0 Å². The highest BCUT2D eigenvalue weighted by Crippen LogP contribution is 2.11. The van der Waals surface area contributed by atoms with E-state index < -0.39 is 29.9 Å². The van der Waals surface area contributed by atoms with Crippen LogP contribution in [0.3, 0.4) is 0 Å². The van der Waals surface area contributed by atoms with Crippen molar-refractivity contribution in [1.29, 1.82) is 0 Å². The number of aliphatic hydroxyl groups excluding tert-OH is 2. The molecule has 0 aliphatic carbocycles. The second-order valence-electron chi connectivity index (χ2n) is 9.45. The largest absolute Gasteiger partial charge is 0.492 e. The predicted molar refractivity (Wildman–Crippen MR) is 161 cm³/mol. The van der Waals surface area contributed by atoms with Crippen LogP contribution in [0.1, 0.15) is 66.9 Å². The first-order valence-electron chi connectivity index (χ1n) is 13.9. The van der Waals surface area contributed by atoms with E-state index in [9.17, 15) is 28.8 Å². The first-order chi connectivity index (χ1) is 21.5. The zero-order valence-corrected chi connectivity index (χ0v) is 24.3. The maximum Gasteiger partial charge on any atom is 0.354 e. The number of ether oxygens (including phenoxy) is 2. The lowest BCUT2D eigenvalue weighted by molar-refractivity contribution is -0.135. The summed E-state index contributed by atoms with van der Waals surface area (Å²) in [6.45, 7) is 0.866. The van der Waals surface area contributed by atoms with Crippen LogP contribution in [-0.2, 0) is 19.2 Å². The van der Waals surface area contributed by atoms with Crippen molar-refractivity contribution in [3.8, 4) is 11.5 Å². The van der Waals surface area contributed by atoms with Crippen LogP contribution in [0.5, 0.6) is 11.5 Å². The molecule has 5 amide bonds. The predicted octanol–water partition coefficient (Wildman–Crippen LogP) is -0.695. The number of carbonyl (C=O) groups excluding carboxylic acids is 5. The van der Waals surface area contributed by atoms with Crippen LogP contribution in [0.2, 0.25) is 0 Å². The number of imide groups is 2. The normalized spacial score (nSPS) is 16.9. The molecule has 0 spiro atoms. The highest BCUT2D eigenvalue weighted by molar-refractivity contribution is 6.03. The van der Waals surface area contributed by atoms with Crippen molar-refractivity contribution in [3.63, 3.8) is 0 Å². The lowest BCUT2D eigenvalue weighted by atomic mass is 10.1. The first kappa shape index (κ1) is 39.0. The third-order valence-electron chi connectivity index (χ3n) is 5.89. The Balaban J connectivity index is 0.000000377. The first-order valence-corrected chi connectivity index (χ1v) is 13.9. The molecule has 4 heterocycles. The number of aromatic carboxylic acids is 1. The van der Waals surface area contributed by atoms with Gasteiger partial charge in [0.2, 0.25) is 23.6 Å². The van der Waals surface area contributed by atoms with E-state index in [0.717, 1.165) is 0 Å². The van der Waals surface area contributed by atoms with Crippen molar-refractivity contribution in [2.24, 2.45) is 5.73 Å². The topological polar surface area (TPSA) is 269 Å². The molecule has 2 aromatic heterocycles. The number of aromatic nitrogens is 2. The monoisotopic (exact) mass is 648 g/mol. The number of nitrogens with zero attached hydrogens (tertiary/aromatic N) is 2. The van der Waals surface area contributed by atoms with Crippen molar-refractivity contribution in [2.45, 2.75) is 58.0 Å². The van der Waals surface area contributed by atoms with E-state index in [1.165, 1.54) is 30.6 Å². The molecular weight excluding hydrogens is 608 g/mol. The average molecular weight is 649 g/mol. The van der Waals surface area contributed by atoms with E-state index >= 15 is 0 Å². The van der Waals surface area contributed by atoms with Gasteiger partial charge in [-0.3, -0.25) is 34.6 Å². The Hall–Kier alpha value is -5.00. The van der Waals surface area contributed by atoms with Gasteiger partial charge in [0, 0.05) is 38.9 Å². The number of carbonyl (C=O) groups is 6. The van der Waals surface area contributed by atoms with E-state index in [-0.39, 0.29) is 62.6 Å². The molecule has 2 unspecified atom stereocenters. The second kappa shape index (κ2) is 20.9. The molecule has 0 bridgehead atoms. The SMILES string of the molecule is C.NC1CCC(=O)NC1=O.O=C(O)c1ccc(OCCCO)cn1.O=C1CCC(NC(=O)c2ccc(OCCCO)cn2)C(=O)N1. The van der Waals surface area contributed by atoms with Gasteiger partial charge in [0.1, 0.15) is 28.9 Å². The molecule has 2 aliphatic heterocycles. The number of amides is 5. The second-order valence-corrected chi connectivity index (χ2v) is 9.45.